The summed E-state index contributed by atoms with van der Waals surface area (Å²) in [6.45, 7) is 4.03. The first-order valence-electron chi connectivity index (χ1n) is 9.19. The van der Waals surface area contributed by atoms with Gasteiger partial charge in [0, 0.05) is 12.1 Å². The zero-order valence-electron chi connectivity index (χ0n) is 17.1. The van der Waals surface area contributed by atoms with Gasteiger partial charge >= 0.3 is 0 Å². The minimum absolute atomic E-state index is 0.0784. The van der Waals surface area contributed by atoms with Crippen LogP contribution in [-0.2, 0) is 11.2 Å². The Bertz CT molecular complexity index is 835. The highest BCUT2D eigenvalue weighted by Gasteiger charge is 2.19. The Balaban J connectivity index is 1.98. The van der Waals surface area contributed by atoms with Crippen LogP contribution < -0.4 is 14.8 Å². The average molecular weight is 384 g/mol. The molecule has 0 unspecified atom stereocenters. The molecule has 0 radical (unpaired) electrons. The van der Waals surface area contributed by atoms with Gasteiger partial charge in [-0.2, -0.15) is 0 Å². The third-order valence-corrected chi connectivity index (χ3v) is 4.81. The van der Waals surface area contributed by atoms with Crippen molar-refractivity contribution in [1.29, 1.82) is 0 Å². The van der Waals surface area contributed by atoms with Crippen molar-refractivity contribution in [2.24, 2.45) is 0 Å². The second-order valence-corrected chi connectivity index (χ2v) is 6.69. The molecule has 0 aliphatic heterocycles. The molecule has 1 atom stereocenters. The van der Waals surface area contributed by atoms with E-state index in [9.17, 15) is 9.59 Å². The second kappa shape index (κ2) is 9.90. The van der Waals surface area contributed by atoms with E-state index in [1.54, 1.807) is 38.5 Å². The molecule has 6 heteroatoms. The van der Waals surface area contributed by atoms with Gasteiger partial charge in [0.15, 0.2) is 17.3 Å². The van der Waals surface area contributed by atoms with Crippen LogP contribution in [0.1, 0.15) is 29.8 Å². The number of hydrogen-bond acceptors (Lipinski definition) is 5. The first-order valence-corrected chi connectivity index (χ1v) is 9.19. The molecular formula is C22H28N2O4. The molecule has 0 heterocycles. The number of amides is 1. The van der Waals surface area contributed by atoms with E-state index in [0.717, 1.165) is 12.0 Å². The van der Waals surface area contributed by atoms with Gasteiger partial charge in [0.25, 0.3) is 0 Å². The molecule has 1 amide bonds. The van der Waals surface area contributed by atoms with Crippen LogP contribution in [0.2, 0.25) is 0 Å². The van der Waals surface area contributed by atoms with Gasteiger partial charge in [-0.15, -0.1) is 0 Å². The summed E-state index contributed by atoms with van der Waals surface area (Å²) >= 11 is 0. The van der Waals surface area contributed by atoms with Crippen LogP contribution in [-0.4, -0.2) is 50.4 Å². The zero-order valence-corrected chi connectivity index (χ0v) is 17.1. The number of ether oxygens (including phenoxy) is 2. The van der Waals surface area contributed by atoms with Crippen molar-refractivity contribution in [3.8, 4) is 11.5 Å². The number of para-hydroxylation sites is 1. The molecule has 0 aromatic heterocycles. The van der Waals surface area contributed by atoms with Crippen LogP contribution in [0.25, 0.3) is 0 Å². The monoisotopic (exact) mass is 384 g/mol. The Labute approximate surface area is 166 Å². The number of methoxy groups -OCH3 is 2. The average Bonchev–Trinajstić information content (AvgIpc) is 2.71. The zero-order chi connectivity index (χ0) is 20.7. The summed E-state index contributed by atoms with van der Waals surface area (Å²) in [5.74, 6) is 1.15. The predicted molar refractivity (Wildman–Crippen MR) is 110 cm³/mol. The molecule has 2 rings (SSSR count). The molecule has 0 aliphatic rings. The van der Waals surface area contributed by atoms with Crippen LogP contribution in [0, 0.1) is 0 Å². The number of carbonyl (C=O) groups is 2. The van der Waals surface area contributed by atoms with E-state index in [-0.39, 0.29) is 17.7 Å². The van der Waals surface area contributed by atoms with E-state index in [4.69, 9.17) is 9.47 Å². The van der Waals surface area contributed by atoms with E-state index in [1.807, 2.05) is 37.1 Å². The van der Waals surface area contributed by atoms with E-state index >= 15 is 0 Å². The maximum Gasteiger partial charge on any atom is 0.241 e. The fourth-order valence-corrected chi connectivity index (χ4v) is 2.87. The summed E-state index contributed by atoms with van der Waals surface area (Å²) in [6.07, 6.45) is 0.762. The minimum Gasteiger partial charge on any atom is -0.493 e. The Morgan fingerprint density at radius 3 is 2.39 bits per heavy atom. The van der Waals surface area contributed by atoms with E-state index in [1.165, 1.54) is 6.92 Å². The fraction of sp³-hybridized carbons (Fsp3) is 0.364. The fourth-order valence-electron chi connectivity index (χ4n) is 2.87. The highest BCUT2D eigenvalue weighted by atomic mass is 16.5. The number of hydrogen-bond donors (Lipinski definition) is 1. The number of nitrogens with zero attached hydrogens (tertiary/aromatic N) is 1. The van der Waals surface area contributed by atoms with E-state index < -0.39 is 0 Å². The molecule has 0 spiro atoms. The molecule has 2 aromatic carbocycles. The number of rotatable bonds is 9. The molecular weight excluding hydrogens is 356 g/mol. The minimum atomic E-state index is -0.347. The first kappa shape index (κ1) is 21.4. The second-order valence-electron chi connectivity index (χ2n) is 6.69. The van der Waals surface area contributed by atoms with Crippen LogP contribution in [0.4, 0.5) is 5.69 Å². The van der Waals surface area contributed by atoms with Crippen LogP contribution in [0.15, 0.2) is 42.5 Å². The van der Waals surface area contributed by atoms with Crippen molar-refractivity contribution in [1.82, 2.24) is 4.90 Å². The van der Waals surface area contributed by atoms with Gasteiger partial charge in [0.2, 0.25) is 5.91 Å². The number of benzene rings is 2. The van der Waals surface area contributed by atoms with E-state index in [0.29, 0.717) is 29.3 Å². The molecule has 0 aliphatic carbocycles. The standard InChI is InChI=1S/C22H28N2O4/c1-15(22(26)23-19-9-7-6-8-18(19)16(2)25)24(3)13-12-17-10-11-20(27-4)21(14-17)28-5/h6-11,14-15H,12-13H2,1-5H3,(H,23,26)/t15-/m1/s1. The maximum absolute atomic E-state index is 12.6. The normalized spacial score (nSPS) is 11.8. The Morgan fingerprint density at radius 2 is 1.75 bits per heavy atom. The Morgan fingerprint density at radius 1 is 1.07 bits per heavy atom. The van der Waals surface area contributed by atoms with E-state index in [2.05, 4.69) is 5.32 Å². The third kappa shape index (κ3) is 5.33. The van der Waals surface area contributed by atoms with Crippen molar-refractivity contribution in [2.45, 2.75) is 26.3 Å². The smallest absolute Gasteiger partial charge is 0.241 e. The number of anilines is 1. The summed E-state index contributed by atoms with van der Waals surface area (Å²) in [6, 6.07) is 12.5. The van der Waals surface area contributed by atoms with Crippen molar-refractivity contribution < 1.29 is 19.1 Å². The van der Waals surface area contributed by atoms with Crippen LogP contribution >= 0.6 is 0 Å². The van der Waals surface area contributed by atoms with Gasteiger partial charge in [-0.25, -0.2) is 0 Å². The molecule has 2 aromatic rings. The number of ketones is 1. The quantitative estimate of drug-likeness (QED) is 0.671. The summed E-state index contributed by atoms with van der Waals surface area (Å²) in [5, 5.41) is 2.87. The predicted octanol–water partition coefficient (Wildman–Crippen LogP) is 3.41. The van der Waals surface area contributed by atoms with Crippen molar-refractivity contribution in [2.75, 3.05) is 33.1 Å². The van der Waals surface area contributed by atoms with Crippen LogP contribution in [0.5, 0.6) is 11.5 Å². The molecule has 0 bridgehead atoms. The Kier molecular flexibility index (Phi) is 7.58. The topological polar surface area (TPSA) is 67.9 Å². The number of carbonyl (C=O) groups excluding carboxylic acids is 2. The third-order valence-electron chi connectivity index (χ3n) is 4.81. The van der Waals surface area contributed by atoms with Gasteiger partial charge in [-0.05, 0) is 57.1 Å². The lowest BCUT2D eigenvalue weighted by Gasteiger charge is -2.24. The van der Waals surface area contributed by atoms with Gasteiger partial charge in [0.1, 0.15) is 0 Å². The number of likely N-dealkylation sites (N-methyl/N-ethyl adjacent to an activating group) is 1. The summed E-state index contributed by atoms with van der Waals surface area (Å²) in [4.78, 5) is 26.3. The highest BCUT2D eigenvalue weighted by Crippen LogP contribution is 2.27. The van der Waals surface area contributed by atoms with Crippen molar-refractivity contribution in [3.05, 3.63) is 53.6 Å². The van der Waals surface area contributed by atoms with Crippen LogP contribution in [0.3, 0.4) is 0 Å². The van der Waals surface area contributed by atoms with Gasteiger partial charge in [0.05, 0.1) is 25.9 Å². The molecule has 150 valence electrons. The Hall–Kier alpha value is -2.86. The molecule has 0 saturated carbocycles. The van der Waals surface area contributed by atoms with Crippen molar-refractivity contribution in [3.63, 3.8) is 0 Å². The lowest BCUT2D eigenvalue weighted by atomic mass is 10.1. The number of nitrogens with one attached hydrogen (secondary N) is 1. The molecule has 6 nitrogen and oxygen atoms in total. The molecule has 28 heavy (non-hydrogen) atoms. The summed E-state index contributed by atoms with van der Waals surface area (Å²) in [7, 11) is 5.12. The number of Topliss-reactive ketones (excluding diaryl/α,β-unsaturated/α-hetero) is 1. The lowest BCUT2D eigenvalue weighted by molar-refractivity contribution is -0.120. The molecule has 1 N–H and O–H groups in total. The largest absolute Gasteiger partial charge is 0.493 e. The SMILES string of the molecule is COc1ccc(CCN(C)[C@H](C)C(=O)Nc2ccccc2C(C)=O)cc1OC. The van der Waals surface area contributed by atoms with Gasteiger partial charge in [-0.3, -0.25) is 14.5 Å². The molecule has 0 saturated heterocycles. The van der Waals surface area contributed by atoms with Crippen molar-refractivity contribution >= 4 is 17.4 Å². The van der Waals surface area contributed by atoms with Gasteiger partial charge in [-0.1, -0.05) is 18.2 Å². The summed E-state index contributed by atoms with van der Waals surface area (Å²) < 4.78 is 10.6. The maximum atomic E-state index is 12.6. The lowest BCUT2D eigenvalue weighted by Crippen LogP contribution is -2.40. The summed E-state index contributed by atoms with van der Waals surface area (Å²) in [5.41, 5.74) is 2.15. The highest BCUT2D eigenvalue weighted by molar-refractivity contribution is 6.04. The van der Waals surface area contributed by atoms with Gasteiger partial charge < -0.3 is 14.8 Å². The molecule has 0 fully saturated rings. The first-order chi connectivity index (χ1) is 13.4.